The molecule has 1 radical (unpaired) electrons. The largest absolute Gasteiger partial charge is 0.416 e. The number of rotatable bonds is 0. The van der Waals surface area contributed by atoms with Gasteiger partial charge in [-0.2, -0.15) is 13.2 Å². The van der Waals surface area contributed by atoms with Crippen LogP contribution in [0.5, 0.6) is 0 Å². The van der Waals surface area contributed by atoms with Crippen LogP contribution in [0.3, 0.4) is 0 Å². The molecule has 0 spiro atoms. The summed E-state index contributed by atoms with van der Waals surface area (Å²) in [5.74, 6) is 0. The zero-order chi connectivity index (χ0) is 9.35. The van der Waals surface area contributed by atoms with E-state index in [-0.39, 0.29) is 5.02 Å². The van der Waals surface area contributed by atoms with Crippen molar-refractivity contribution in [2.75, 3.05) is 0 Å². The molecule has 1 rings (SSSR count). The molecule has 0 amide bonds. The lowest BCUT2D eigenvalue weighted by Gasteiger charge is -2.06. The first-order valence-corrected chi connectivity index (χ1v) is 4.02. The third-order valence-corrected chi connectivity index (χ3v) is 2.36. The minimum absolute atomic E-state index is 0.00447. The van der Waals surface area contributed by atoms with Crippen LogP contribution in [-0.4, -0.2) is 0 Å². The Morgan fingerprint density at radius 2 is 2.00 bits per heavy atom. The predicted octanol–water partition coefficient (Wildman–Crippen LogP) is 3.92. The molecule has 0 unspecified atom stereocenters. The van der Waals surface area contributed by atoms with E-state index in [1.165, 1.54) is 0 Å². The van der Waals surface area contributed by atoms with Crippen molar-refractivity contribution in [3.8, 4) is 0 Å². The van der Waals surface area contributed by atoms with Gasteiger partial charge in [0.1, 0.15) is 0 Å². The van der Waals surface area contributed by atoms with Gasteiger partial charge in [-0.15, -0.1) is 0 Å². The van der Waals surface area contributed by atoms with E-state index in [0.29, 0.717) is 4.47 Å². The first kappa shape index (κ1) is 9.86. The van der Waals surface area contributed by atoms with E-state index in [1.807, 2.05) is 0 Å². The van der Waals surface area contributed by atoms with Crippen molar-refractivity contribution < 1.29 is 13.2 Å². The molecular formula is C7H2BrClF3. The van der Waals surface area contributed by atoms with Gasteiger partial charge in [-0.25, -0.2) is 0 Å². The van der Waals surface area contributed by atoms with Gasteiger partial charge in [-0.1, -0.05) is 11.6 Å². The summed E-state index contributed by atoms with van der Waals surface area (Å²) in [6.45, 7) is 0. The maximum absolute atomic E-state index is 12.0. The topological polar surface area (TPSA) is 0 Å². The Bertz CT molecular complexity index is 295. The molecule has 65 valence electrons. The summed E-state index contributed by atoms with van der Waals surface area (Å²) in [5, 5.41) is 0.00447. The molecule has 1 aromatic carbocycles. The molecule has 0 aliphatic carbocycles. The smallest absolute Gasteiger partial charge is 0.166 e. The Kier molecular flexibility index (Phi) is 2.68. The summed E-state index contributed by atoms with van der Waals surface area (Å²) >= 11 is 8.38. The Hall–Kier alpha value is -0.220. The van der Waals surface area contributed by atoms with Crippen LogP contribution in [0.25, 0.3) is 0 Å². The highest BCUT2D eigenvalue weighted by Gasteiger charge is 2.30. The summed E-state index contributed by atoms with van der Waals surface area (Å²) in [4.78, 5) is 0. The SMILES string of the molecule is FC(F)(F)c1c[c]c(Br)c(Cl)c1. The molecule has 0 atom stereocenters. The lowest BCUT2D eigenvalue weighted by atomic mass is 10.2. The van der Waals surface area contributed by atoms with Gasteiger partial charge in [0.15, 0.2) is 0 Å². The number of benzene rings is 1. The van der Waals surface area contributed by atoms with Crippen molar-refractivity contribution >= 4 is 27.5 Å². The molecule has 0 nitrogen and oxygen atoms in total. The summed E-state index contributed by atoms with van der Waals surface area (Å²) in [7, 11) is 0. The Morgan fingerprint density at radius 3 is 2.42 bits per heavy atom. The molecule has 5 heteroatoms. The average Bonchev–Trinajstić information content (AvgIpc) is 1.92. The lowest BCUT2D eigenvalue weighted by Crippen LogP contribution is -2.04. The summed E-state index contributed by atoms with van der Waals surface area (Å²) in [5.41, 5.74) is -0.796. The predicted molar refractivity (Wildman–Crippen MR) is 43.0 cm³/mol. The van der Waals surface area contributed by atoms with E-state index in [9.17, 15) is 13.2 Å². The van der Waals surface area contributed by atoms with Crippen LogP contribution < -0.4 is 0 Å². The van der Waals surface area contributed by atoms with E-state index in [4.69, 9.17) is 11.6 Å². The Labute approximate surface area is 80.5 Å². The van der Waals surface area contributed by atoms with E-state index in [2.05, 4.69) is 22.0 Å². The molecule has 0 heterocycles. The van der Waals surface area contributed by atoms with Crippen molar-refractivity contribution in [3.63, 3.8) is 0 Å². The van der Waals surface area contributed by atoms with Crippen molar-refractivity contribution in [1.82, 2.24) is 0 Å². The minimum atomic E-state index is -4.36. The number of halogens is 5. The molecule has 12 heavy (non-hydrogen) atoms. The maximum Gasteiger partial charge on any atom is 0.416 e. The first-order valence-electron chi connectivity index (χ1n) is 2.85. The monoisotopic (exact) mass is 257 g/mol. The van der Waals surface area contributed by atoms with Gasteiger partial charge < -0.3 is 0 Å². The van der Waals surface area contributed by atoms with Crippen LogP contribution in [0.1, 0.15) is 5.56 Å². The van der Waals surface area contributed by atoms with Gasteiger partial charge in [0, 0.05) is 4.47 Å². The highest BCUT2D eigenvalue weighted by Crippen LogP contribution is 2.33. The van der Waals surface area contributed by atoms with Crippen LogP contribution >= 0.6 is 27.5 Å². The van der Waals surface area contributed by atoms with Crippen LogP contribution in [0.2, 0.25) is 5.02 Å². The van der Waals surface area contributed by atoms with Crippen molar-refractivity contribution in [1.29, 1.82) is 0 Å². The molecular weight excluding hydrogens is 256 g/mol. The zero-order valence-electron chi connectivity index (χ0n) is 5.54. The highest BCUT2D eigenvalue weighted by molar-refractivity contribution is 9.10. The fourth-order valence-corrected chi connectivity index (χ4v) is 1.02. The van der Waals surface area contributed by atoms with Gasteiger partial charge in [0.05, 0.1) is 10.6 Å². The molecule has 0 aliphatic rings. The average molecular weight is 258 g/mol. The molecule has 0 aliphatic heterocycles. The minimum Gasteiger partial charge on any atom is -0.166 e. The molecule has 1 aromatic rings. The second kappa shape index (κ2) is 3.26. The van der Waals surface area contributed by atoms with Gasteiger partial charge in [0.2, 0.25) is 0 Å². The summed E-state index contributed by atoms with van der Waals surface area (Å²) in [6.07, 6.45) is -4.36. The summed E-state index contributed by atoms with van der Waals surface area (Å²) < 4.78 is 36.3. The Morgan fingerprint density at radius 1 is 1.42 bits per heavy atom. The summed E-state index contributed by atoms with van der Waals surface area (Å²) in [6, 6.07) is 4.03. The zero-order valence-corrected chi connectivity index (χ0v) is 7.89. The van der Waals surface area contributed by atoms with Crippen LogP contribution in [0.15, 0.2) is 16.6 Å². The number of hydrogen-bond acceptors (Lipinski definition) is 0. The van der Waals surface area contributed by atoms with Crippen molar-refractivity contribution in [2.24, 2.45) is 0 Å². The van der Waals surface area contributed by atoms with E-state index >= 15 is 0 Å². The van der Waals surface area contributed by atoms with Gasteiger partial charge in [0.25, 0.3) is 0 Å². The fourth-order valence-electron chi connectivity index (χ4n) is 0.615. The lowest BCUT2D eigenvalue weighted by molar-refractivity contribution is -0.137. The standard InChI is InChI=1S/C7H2BrClF3/c8-5-2-1-4(3-6(5)9)7(10,11)12/h1,3H. The fraction of sp³-hybridized carbons (Fsp3) is 0.143. The van der Waals surface area contributed by atoms with Gasteiger partial charge >= 0.3 is 6.18 Å². The van der Waals surface area contributed by atoms with E-state index in [0.717, 1.165) is 12.1 Å². The molecule has 0 aromatic heterocycles. The van der Waals surface area contributed by atoms with Crippen LogP contribution in [-0.2, 0) is 6.18 Å². The first-order chi connectivity index (χ1) is 5.41. The second-order valence-electron chi connectivity index (χ2n) is 2.05. The quantitative estimate of drug-likeness (QED) is 0.661. The third-order valence-electron chi connectivity index (χ3n) is 1.17. The molecule has 0 N–H and O–H groups in total. The van der Waals surface area contributed by atoms with Crippen molar-refractivity contribution in [3.05, 3.63) is 33.3 Å². The molecule has 0 saturated heterocycles. The molecule has 0 fully saturated rings. The normalized spacial score (nSPS) is 11.8. The number of alkyl halides is 3. The van der Waals surface area contributed by atoms with Crippen LogP contribution in [0.4, 0.5) is 13.2 Å². The second-order valence-corrected chi connectivity index (χ2v) is 3.25. The van der Waals surface area contributed by atoms with E-state index < -0.39 is 11.7 Å². The molecule has 0 saturated carbocycles. The number of hydrogen-bond donors (Lipinski definition) is 0. The third kappa shape index (κ3) is 2.14. The van der Waals surface area contributed by atoms with E-state index in [1.54, 1.807) is 0 Å². The molecule has 0 bridgehead atoms. The van der Waals surface area contributed by atoms with Gasteiger partial charge in [-0.3, -0.25) is 0 Å². The maximum atomic E-state index is 12.0. The highest BCUT2D eigenvalue weighted by atomic mass is 79.9. The van der Waals surface area contributed by atoms with Gasteiger partial charge in [-0.05, 0) is 34.1 Å². The van der Waals surface area contributed by atoms with Crippen molar-refractivity contribution in [2.45, 2.75) is 6.18 Å². The Balaban J connectivity index is 3.14. The van der Waals surface area contributed by atoms with Crippen LogP contribution in [0, 0.1) is 6.07 Å².